The molecule has 0 spiro atoms. The van der Waals surface area contributed by atoms with Gasteiger partial charge in [0.25, 0.3) is 0 Å². The zero-order chi connectivity index (χ0) is 20.1. The van der Waals surface area contributed by atoms with E-state index in [1.54, 1.807) is 12.4 Å². The van der Waals surface area contributed by atoms with Crippen molar-refractivity contribution in [1.29, 1.82) is 0 Å². The van der Waals surface area contributed by atoms with Crippen LogP contribution in [-0.2, 0) is 17.8 Å². The van der Waals surface area contributed by atoms with Gasteiger partial charge in [-0.25, -0.2) is 9.97 Å². The summed E-state index contributed by atoms with van der Waals surface area (Å²) in [7, 11) is 0. The summed E-state index contributed by atoms with van der Waals surface area (Å²) in [6, 6.07) is 12.4. The molecule has 1 atom stereocenters. The SMILES string of the molecule is CC(Cc1ccc(-c2cnc(NCc3ccncc3)nc2)cc1)NC(=O)C1CC1. The van der Waals surface area contributed by atoms with Gasteiger partial charge in [0.05, 0.1) is 0 Å². The normalized spacial score (nSPS) is 14.2. The van der Waals surface area contributed by atoms with Crippen LogP contribution in [0.25, 0.3) is 11.1 Å². The Bertz CT molecular complexity index is 937. The Morgan fingerprint density at radius 3 is 2.34 bits per heavy atom. The molecule has 1 unspecified atom stereocenters. The van der Waals surface area contributed by atoms with Crippen LogP contribution in [0.2, 0.25) is 0 Å². The van der Waals surface area contributed by atoms with E-state index in [1.807, 2.05) is 24.5 Å². The van der Waals surface area contributed by atoms with E-state index in [9.17, 15) is 4.79 Å². The molecule has 0 bridgehead atoms. The number of anilines is 1. The zero-order valence-corrected chi connectivity index (χ0v) is 16.5. The van der Waals surface area contributed by atoms with Crippen LogP contribution in [0.1, 0.15) is 30.9 Å². The summed E-state index contributed by atoms with van der Waals surface area (Å²) in [5, 5.41) is 6.31. The van der Waals surface area contributed by atoms with Gasteiger partial charge in [-0.1, -0.05) is 24.3 Å². The van der Waals surface area contributed by atoms with Crippen molar-refractivity contribution in [2.45, 2.75) is 38.8 Å². The first kappa shape index (κ1) is 19.1. The molecule has 2 N–H and O–H groups in total. The van der Waals surface area contributed by atoms with Crippen LogP contribution < -0.4 is 10.6 Å². The fourth-order valence-electron chi connectivity index (χ4n) is 3.19. The number of carbonyl (C=O) groups excluding carboxylic acids is 1. The van der Waals surface area contributed by atoms with Gasteiger partial charge in [0.2, 0.25) is 11.9 Å². The van der Waals surface area contributed by atoms with Gasteiger partial charge in [-0.15, -0.1) is 0 Å². The Morgan fingerprint density at radius 1 is 1.00 bits per heavy atom. The van der Waals surface area contributed by atoms with Gasteiger partial charge in [-0.3, -0.25) is 9.78 Å². The van der Waals surface area contributed by atoms with Gasteiger partial charge in [-0.05, 0) is 55.0 Å². The molecule has 1 saturated carbocycles. The largest absolute Gasteiger partial charge is 0.353 e. The molecule has 1 aromatic carbocycles. The quantitative estimate of drug-likeness (QED) is 0.617. The molecule has 29 heavy (non-hydrogen) atoms. The summed E-state index contributed by atoms with van der Waals surface area (Å²) in [6.45, 7) is 2.71. The van der Waals surface area contributed by atoms with Gasteiger partial charge >= 0.3 is 0 Å². The lowest BCUT2D eigenvalue weighted by Crippen LogP contribution is -2.35. The van der Waals surface area contributed by atoms with Crippen molar-refractivity contribution in [1.82, 2.24) is 20.3 Å². The van der Waals surface area contributed by atoms with Crippen LogP contribution >= 0.6 is 0 Å². The lowest BCUT2D eigenvalue weighted by molar-refractivity contribution is -0.122. The molecule has 0 aliphatic heterocycles. The molecule has 2 aromatic heterocycles. The Kier molecular flexibility index (Phi) is 5.79. The van der Waals surface area contributed by atoms with Gasteiger partial charge in [-0.2, -0.15) is 0 Å². The molecule has 0 saturated heterocycles. The molecule has 148 valence electrons. The number of nitrogens with zero attached hydrogens (tertiary/aromatic N) is 3. The van der Waals surface area contributed by atoms with Crippen LogP contribution in [0.15, 0.2) is 61.2 Å². The third-order valence-corrected chi connectivity index (χ3v) is 5.02. The monoisotopic (exact) mass is 387 g/mol. The maximum Gasteiger partial charge on any atom is 0.223 e. The zero-order valence-electron chi connectivity index (χ0n) is 16.5. The number of aromatic nitrogens is 3. The highest BCUT2D eigenvalue weighted by molar-refractivity contribution is 5.81. The minimum atomic E-state index is 0.142. The lowest BCUT2D eigenvalue weighted by atomic mass is 10.0. The first-order valence-electron chi connectivity index (χ1n) is 10.0. The van der Waals surface area contributed by atoms with Crippen molar-refractivity contribution in [2.24, 2.45) is 5.92 Å². The highest BCUT2D eigenvalue weighted by Crippen LogP contribution is 2.29. The molecule has 6 nitrogen and oxygen atoms in total. The van der Waals surface area contributed by atoms with Crippen molar-refractivity contribution in [3.8, 4) is 11.1 Å². The minimum absolute atomic E-state index is 0.142. The molecule has 2 heterocycles. The van der Waals surface area contributed by atoms with E-state index in [-0.39, 0.29) is 17.9 Å². The van der Waals surface area contributed by atoms with Gasteiger partial charge in [0, 0.05) is 48.9 Å². The summed E-state index contributed by atoms with van der Waals surface area (Å²) in [5.41, 5.74) is 4.38. The fraction of sp³-hybridized carbons (Fsp3) is 0.304. The first-order chi connectivity index (χ1) is 14.2. The number of pyridine rings is 1. The summed E-state index contributed by atoms with van der Waals surface area (Å²) < 4.78 is 0. The molecule has 1 fully saturated rings. The van der Waals surface area contributed by atoms with Crippen molar-refractivity contribution in [3.05, 3.63) is 72.3 Å². The smallest absolute Gasteiger partial charge is 0.223 e. The van der Waals surface area contributed by atoms with Crippen LogP contribution in [0.4, 0.5) is 5.95 Å². The van der Waals surface area contributed by atoms with Crippen LogP contribution in [0, 0.1) is 5.92 Å². The van der Waals surface area contributed by atoms with Crippen molar-refractivity contribution in [2.75, 3.05) is 5.32 Å². The second-order valence-electron chi connectivity index (χ2n) is 7.59. The molecule has 1 aliphatic carbocycles. The fourth-order valence-corrected chi connectivity index (χ4v) is 3.19. The summed E-state index contributed by atoms with van der Waals surface area (Å²) in [5.74, 6) is 1.05. The second kappa shape index (κ2) is 8.82. The third kappa shape index (κ3) is 5.38. The Morgan fingerprint density at radius 2 is 1.69 bits per heavy atom. The predicted molar refractivity (Wildman–Crippen MR) is 113 cm³/mol. The number of carbonyl (C=O) groups is 1. The van der Waals surface area contributed by atoms with E-state index < -0.39 is 0 Å². The molecular weight excluding hydrogens is 362 g/mol. The molecular formula is C23H25N5O. The summed E-state index contributed by atoms with van der Waals surface area (Å²) >= 11 is 0. The average molecular weight is 387 g/mol. The first-order valence-corrected chi connectivity index (χ1v) is 10.0. The average Bonchev–Trinajstić information content (AvgIpc) is 3.59. The number of rotatable bonds is 8. The Labute approximate surface area is 170 Å². The summed E-state index contributed by atoms with van der Waals surface area (Å²) in [6.07, 6.45) is 10.1. The van der Waals surface area contributed by atoms with E-state index in [0.29, 0.717) is 12.5 Å². The maximum absolute atomic E-state index is 11.9. The van der Waals surface area contributed by atoms with E-state index in [2.05, 4.69) is 56.8 Å². The number of nitrogens with one attached hydrogen (secondary N) is 2. The van der Waals surface area contributed by atoms with Crippen LogP contribution in [0.5, 0.6) is 0 Å². The predicted octanol–water partition coefficient (Wildman–Crippen LogP) is 3.61. The second-order valence-corrected chi connectivity index (χ2v) is 7.59. The van der Waals surface area contributed by atoms with E-state index in [4.69, 9.17) is 0 Å². The highest BCUT2D eigenvalue weighted by Gasteiger charge is 2.30. The molecule has 6 heteroatoms. The molecule has 4 rings (SSSR count). The number of amides is 1. The van der Waals surface area contributed by atoms with Crippen molar-refractivity contribution in [3.63, 3.8) is 0 Å². The van der Waals surface area contributed by atoms with E-state index in [0.717, 1.165) is 36.0 Å². The van der Waals surface area contributed by atoms with E-state index in [1.165, 1.54) is 5.56 Å². The standard InChI is InChI=1S/C23H25N5O/c1-16(28-22(29)20-6-7-20)12-17-2-4-19(5-3-17)21-14-26-23(27-15-21)25-13-18-8-10-24-11-9-18/h2-5,8-11,14-16,20H,6-7,12-13H2,1H3,(H,28,29)(H,25,26,27). The van der Waals surface area contributed by atoms with Crippen LogP contribution in [-0.4, -0.2) is 26.9 Å². The Balaban J connectivity index is 1.31. The van der Waals surface area contributed by atoms with E-state index >= 15 is 0 Å². The highest BCUT2D eigenvalue weighted by atomic mass is 16.2. The minimum Gasteiger partial charge on any atom is -0.353 e. The summed E-state index contributed by atoms with van der Waals surface area (Å²) in [4.78, 5) is 24.7. The van der Waals surface area contributed by atoms with Crippen molar-refractivity contribution >= 4 is 11.9 Å². The van der Waals surface area contributed by atoms with Gasteiger partial charge in [0.1, 0.15) is 0 Å². The maximum atomic E-state index is 11.9. The van der Waals surface area contributed by atoms with Crippen LogP contribution in [0.3, 0.4) is 0 Å². The number of hydrogen-bond acceptors (Lipinski definition) is 5. The lowest BCUT2D eigenvalue weighted by Gasteiger charge is -2.14. The van der Waals surface area contributed by atoms with Gasteiger partial charge < -0.3 is 10.6 Å². The third-order valence-electron chi connectivity index (χ3n) is 5.02. The number of hydrogen-bond donors (Lipinski definition) is 2. The van der Waals surface area contributed by atoms with Crippen molar-refractivity contribution < 1.29 is 4.79 Å². The number of benzene rings is 1. The molecule has 1 amide bonds. The molecule has 0 radical (unpaired) electrons. The topological polar surface area (TPSA) is 79.8 Å². The molecule has 3 aromatic rings. The Hall–Kier alpha value is -3.28. The molecule has 1 aliphatic rings. The van der Waals surface area contributed by atoms with Gasteiger partial charge in [0.15, 0.2) is 0 Å².